The number of rotatable bonds is 11. The molecule has 1 heterocycles. The van der Waals surface area contributed by atoms with E-state index in [-0.39, 0.29) is 30.3 Å². The highest BCUT2D eigenvalue weighted by molar-refractivity contribution is 7.09. The van der Waals surface area contributed by atoms with E-state index in [1.54, 1.807) is 25.6 Å². The van der Waals surface area contributed by atoms with Crippen molar-refractivity contribution < 1.29 is 19.1 Å². The minimum atomic E-state index is 0.0263. The third-order valence-electron chi connectivity index (χ3n) is 6.43. The van der Waals surface area contributed by atoms with E-state index in [1.165, 1.54) is 0 Å². The van der Waals surface area contributed by atoms with Crippen LogP contribution in [0, 0.1) is 5.92 Å². The fourth-order valence-electron chi connectivity index (χ4n) is 4.09. The molecule has 0 N–H and O–H groups in total. The van der Waals surface area contributed by atoms with Gasteiger partial charge in [-0.25, -0.2) is 0 Å². The fraction of sp³-hybridized carbons (Fsp3) is 0.520. The third-order valence-corrected chi connectivity index (χ3v) is 7.29. The molecule has 7 heteroatoms. The molecular formula is C25H32N2O4S. The molecule has 1 aromatic heterocycles. The number of hydrogen-bond acceptors (Lipinski definition) is 5. The van der Waals surface area contributed by atoms with Crippen LogP contribution in [0.3, 0.4) is 0 Å². The highest BCUT2D eigenvalue weighted by Crippen LogP contribution is 2.34. The molecule has 0 saturated heterocycles. The Morgan fingerprint density at radius 2 is 1.84 bits per heavy atom. The lowest BCUT2D eigenvalue weighted by Gasteiger charge is -2.33. The summed E-state index contributed by atoms with van der Waals surface area (Å²) in [4.78, 5) is 31.2. The van der Waals surface area contributed by atoms with Gasteiger partial charge in [-0.1, -0.05) is 18.6 Å². The lowest BCUT2D eigenvalue weighted by molar-refractivity contribution is -0.145. The average Bonchev–Trinajstić information content (AvgIpc) is 3.48. The lowest BCUT2D eigenvalue weighted by atomic mass is 9.84. The minimum absolute atomic E-state index is 0.0263. The summed E-state index contributed by atoms with van der Waals surface area (Å²) in [5.41, 5.74) is 1.08. The van der Waals surface area contributed by atoms with Gasteiger partial charge in [0.25, 0.3) is 0 Å². The smallest absolute Gasteiger partial charge is 0.242 e. The topological polar surface area (TPSA) is 59.1 Å². The Balaban J connectivity index is 1.44. The van der Waals surface area contributed by atoms with Gasteiger partial charge in [-0.2, -0.15) is 0 Å². The van der Waals surface area contributed by atoms with E-state index in [4.69, 9.17) is 9.47 Å². The van der Waals surface area contributed by atoms with Crippen LogP contribution in [0.25, 0.3) is 0 Å². The lowest BCUT2D eigenvalue weighted by Crippen LogP contribution is -2.47. The van der Waals surface area contributed by atoms with Gasteiger partial charge in [-0.05, 0) is 61.2 Å². The fourth-order valence-corrected chi connectivity index (χ4v) is 4.81. The number of amides is 2. The predicted octanol–water partition coefficient (Wildman–Crippen LogP) is 4.13. The van der Waals surface area contributed by atoms with Crippen LogP contribution in [-0.2, 0) is 22.6 Å². The van der Waals surface area contributed by atoms with Gasteiger partial charge >= 0.3 is 0 Å². The molecule has 2 aliphatic rings. The summed E-state index contributed by atoms with van der Waals surface area (Å²) >= 11 is 1.65. The number of benzene rings is 1. The zero-order chi connectivity index (χ0) is 22.5. The number of hydrogen-bond donors (Lipinski definition) is 0. The molecule has 172 valence electrons. The van der Waals surface area contributed by atoms with Gasteiger partial charge in [-0.3, -0.25) is 9.59 Å². The van der Waals surface area contributed by atoms with Crippen molar-refractivity contribution in [2.75, 3.05) is 27.3 Å². The molecule has 2 aromatic rings. The second kappa shape index (κ2) is 10.4. The highest BCUT2D eigenvalue weighted by atomic mass is 32.1. The number of thiophene rings is 1. The molecule has 0 radical (unpaired) electrons. The summed E-state index contributed by atoms with van der Waals surface area (Å²) in [6.07, 6.45) is 5.80. The van der Waals surface area contributed by atoms with Gasteiger partial charge in [0.1, 0.15) is 6.54 Å². The standard InChI is InChI=1S/C25H32N2O4S/c1-30-22-11-8-18(15-23(22)31-2)12-13-26(16-21-7-4-14-32-21)24(28)17-27(20-9-10-20)25(29)19-5-3-6-19/h4,7-8,11,14-15,19-20H,3,5-6,9-10,12-13,16-17H2,1-2H3. The molecule has 0 bridgehead atoms. The second-order valence-corrected chi connectivity index (χ2v) is 9.69. The minimum Gasteiger partial charge on any atom is -0.493 e. The monoisotopic (exact) mass is 456 g/mol. The Kier molecular flexibility index (Phi) is 7.35. The quantitative estimate of drug-likeness (QED) is 0.510. The molecule has 0 atom stereocenters. The maximum atomic E-state index is 13.4. The molecule has 0 spiro atoms. The van der Waals surface area contributed by atoms with E-state index >= 15 is 0 Å². The Labute approximate surface area is 194 Å². The predicted molar refractivity (Wildman–Crippen MR) is 125 cm³/mol. The highest BCUT2D eigenvalue weighted by Gasteiger charge is 2.39. The van der Waals surface area contributed by atoms with Crippen LogP contribution in [0.15, 0.2) is 35.7 Å². The van der Waals surface area contributed by atoms with Crippen LogP contribution in [0.5, 0.6) is 11.5 Å². The number of carbonyl (C=O) groups is 2. The van der Waals surface area contributed by atoms with Crippen LogP contribution in [-0.4, -0.2) is 55.0 Å². The molecule has 2 amide bonds. The average molecular weight is 457 g/mol. The molecule has 32 heavy (non-hydrogen) atoms. The van der Waals surface area contributed by atoms with Crippen molar-refractivity contribution in [3.63, 3.8) is 0 Å². The van der Waals surface area contributed by atoms with Crippen molar-refractivity contribution in [1.29, 1.82) is 0 Å². The number of ether oxygens (including phenoxy) is 2. The largest absolute Gasteiger partial charge is 0.493 e. The Morgan fingerprint density at radius 3 is 2.44 bits per heavy atom. The first-order valence-electron chi connectivity index (χ1n) is 11.4. The second-order valence-electron chi connectivity index (χ2n) is 8.66. The van der Waals surface area contributed by atoms with Gasteiger partial charge in [0.2, 0.25) is 11.8 Å². The maximum Gasteiger partial charge on any atom is 0.242 e. The van der Waals surface area contributed by atoms with E-state index < -0.39 is 0 Å². The summed E-state index contributed by atoms with van der Waals surface area (Å²) in [6, 6.07) is 10.2. The van der Waals surface area contributed by atoms with Crippen LogP contribution in [0.2, 0.25) is 0 Å². The van der Waals surface area contributed by atoms with Crippen molar-refractivity contribution in [1.82, 2.24) is 9.80 Å². The molecule has 2 fully saturated rings. The van der Waals surface area contributed by atoms with E-state index in [9.17, 15) is 9.59 Å². The van der Waals surface area contributed by atoms with Crippen LogP contribution in [0.4, 0.5) is 0 Å². The van der Waals surface area contributed by atoms with Gasteiger partial charge in [-0.15, -0.1) is 11.3 Å². The summed E-state index contributed by atoms with van der Waals surface area (Å²) in [6.45, 7) is 1.35. The molecule has 0 unspecified atom stereocenters. The summed E-state index contributed by atoms with van der Waals surface area (Å²) < 4.78 is 10.7. The first-order valence-corrected chi connectivity index (χ1v) is 12.3. The molecule has 2 aliphatic carbocycles. The van der Waals surface area contributed by atoms with Gasteiger partial charge in [0.05, 0.1) is 20.8 Å². The Hall–Kier alpha value is -2.54. The molecule has 1 aromatic carbocycles. The third kappa shape index (κ3) is 5.44. The summed E-state index contributed by atoms with van der Waals surface area (Å²) in [7, 11) is 3.25. The molecule has 4 rings (SSSR count). The van der Waals surface area contributed by atoms with Crippen molar-refractivity contribution in [3.8, 4) is 11.5 Å². The SMILES string of the molecule is COc1ccc(CCN(Cc2cccs2)C(=O)CN(C(=O)C2CCC2)C2CC2)cc1OC. The zero-order valence-electron chi connectivity index (χ0n) is 18.9. The summed E-state index contributed by atoms with van der Waals surface area (Å²) in [5, 5.41) is 2.03. The van der Waals surface area contributed by atoms with E-state index in [2.05, 4.69) is 6.07 Å². The van der Waals surface area contributed by atoms with E-state index in [1.807, 2.05) is 39.4 Å². The van der Waals surface area contributed by atoms with Gasteiger partial charge in [0, 0.05) is 23.4 Å². The van der Waals surface area contributed by atoms with Crippen molar-refractivity contribution in [2.45, 2.75) is 51.1 Å². The molecule has 2 saturated carbocycles. The Bertz CT molecular complexity index is 922. The Morgan fingerprint density at radius 1 is 1.06 bits per heavy atom. The van der Waals surface area contributed by atoms with Crippen LogP contribution >= 0.6 is 11.3 Å². The molecular weight excluding hydrogens is 424 g/mol. The van der Waals surface area contributed by atoms with Gasteiger partial charge < -0.3 is 19.3 Å². The molecule has 0 aliphatic heterocycles. The van der Waals surface area contributed by atoms with Crippen molar-refractivity contribution in [2.24, 2.45) is 5.92 Å². The number of carbonyl (C=O) groups excluding carboxylic acids is 2. The first-order chi connectivity index (χ1) is 15.6. The number of methoxy groups -OCH3 is 2. The van der Waals surface area contributed by atoms with Crippen molar-refractivity contribution in [3.05, 3.63) is 46.2 Å². The van der Waals surface area contributed by atoms with Gasteiger partial charge in [0.15, 0.2) is 11.5 Å². The van der Waals surface area contributed by atoms with E-state index in [0.717, 1.165) is 42.5 Å². The summed E-state index contributed by atoms with van der Waals surface area (Å²) in [5.74, 6) is 1.71. The van der Waals surface area contributed by atoms with Crippen LogP contribution in [0.1, 0.15) is 42.5 Å². The maximum absolute atomic E-state index is 13.4. The molecule has 6 nitrogen and oxygen atoms in total. The van der Waals surface area contributed by atoms with Crippen molar-refractivity contribution >= 4 is 23.2 Å². The van der Waals surface area contributed by atoms with E-state index in [0.29, 0.717) is 31.0 Å². The first kappa shape index (κ1) is 22.6. The zero-order valence-corrected chi connectivity index (χ0v) is 19.7. The number of nitrogens with zero attached hydrogens (tertiary/aromatic N) is 2. The normalized spacial score (nSPS) is 15.7. The van der Waals surface area contributed by atoms with Crippen LogP contribution < -0.4 is 9.47 Å².